The third-order valence-corrected chi connectivity index (χ3v) is 4.30. The number of benzene rings is 1. The highest BCUT2D eigenvalue weighted by molar-refractivity contribution is 7.92. The van der Waals surface area contributed by atoms with E-state index in [1.54, 1.807) is 6.92 Å². The first kappa shape index (κ1) is 14.5. The van der Waals surface area contributed by atoms with Gasteiger partial charge >= 0.3 is 0 Å². The Morgan fingerprint density at radius 2 is 2.05 bits per heavy atom. The summed E-state index contributed by atoms with van der Waals surface area (Å²) in [4.78, 5) is 3.29. The van der Waals surface area contributed by atoms with Crippen LogP contribution in [-0.4, -0.2) is 13.4 Å². The number of pyridine rings is 1. The van der Waals surface area contributed by atoms with Crippen molar-refractivity contribution in [3.8, 4) is 0 Å². The molecule has 8 heteroatoms. The molecule has 0 saturated carbocycles. The van der Waals surface area contributed by atoms with E-state index in [1.807, 2.05) is 0 Å². The predicted octanol–water partition coefficient (Wildman–Crippen LogP) is 2.57. The van der Waals surface area contributed by atoms with Crippen molar-refractivity contribution in [2.45, 2.75) is 11.8 Å². The van der Waals surface area contributed by atoms with E-state index in [9.17, 15) is 12.8 Å². The summed E-state index contributed by atoms with van der Waals surface area (Å²) in [6.45, 7) is 1.67. The molecule has 3 N–H and O–H groups in total. The molecule has 0 aliphatic carbocycles. The van der Waals surface area contributed by atoms with Crippen LogP contribution in [0.15, 0.2) is 35.4 Å². The van der Waals surface area contributed by atoms with E-state index in [-0.39, 0.29) is 16.5 Å². The quantitative estimate of drug-likeness (QED) is 0.673. The van der Waals surface area contributed by atoms with E-state index in [0.717, 1.165) is 12.1 Å². The van der Waals surface area contributed by atoms with E-state index >= 15 is 0 Å². The molecule has 0 atom stereocenters. The zero-order chi connectivity index (χ0) is 14.9. The van der Waals surface area contributed by atoms with Crippen LogP contribution in [0.25, 0.3) is 0 Å². The number of aryl methyl sites for hydroxylation is 1. The second-order valence-electron chi connectivity index (χ2n) is 4.13. The van der Waals surface area contributed by atoms with E-state index < -0.39 is 20.7 Å². The fraction of sp³-hybridized carbons (Fsp3) is 0.0833. The second kappa shape index (κ2) is 5.26. The average molecular weight is 316 g/mol. The van der Waals surface area contributed by atoms with Gasteiger partial charge in [-0.1, -0.05) is 11.6 Å². The van der Waals surface area contributed by atoms with Crippen LogP contribution in [-0.2, 0) is 10.0 Å². The number of sulfonamides is 1. The van der Waals surface area contributed by atoms with E-state index in [4.69, 9.17) is 17.3 Å². The highest BCUT2D eigenvalue weighted by Crippen LogP contribution is 2.22. The molecular weight excluding hydrogens is 305 g/mol. The minimum Gasteiger partial charge on any atom is -0.399 e. The van der Waals surface area contributed by atoms with Crippen LogP contribution in [0.2, 0.25) is 5.15 Å². The van der Waals surface area contributed by atoms with Crippen molar-refractivity contribution in [1.82, 2.24) is 4.98 Å². The van der Waals surface area contributed by atoms with Gasteiger partial charge < -0.3 is 5.73 Å². The summed E-state index contributed by atoms with van der Waals surface area (Å²) in [6, 6.07) is 4.82. The first-order chi connectivity index (χ1) is 9.29. The van der Waals surface area contributed by atoms with E-state index in [0.29, 0.717) is 5.56 Å². The average Bonchev–Trinajstić information content (AvgIpc) is 2.36. The number of hydrogen-bond acceptors (Lipinski definition) is 4. The monoisotopic (exact) mass is 315 g/mol. The number of nitrogen functional groups attached to an aromatic ring is 1. The van der Waals surface area contributed by atoms with Crippen molar-refractivity contribution in [3.05, 3.63) is 47.0 Å². The van der Waals surface area contributed by atoms with Crippen LogP contribution in [0.4, 0.5) is 15.8 Å². The van der Waals surface area contributed by atoms with Crippen molar-refractivity contribution in [2.75, 3.05) is 10.5 Å². The summed E-state index contributed by atoms with van der Waals surface area (Å²) in [7, 11) is -4.08. The first-order valence-electron chi connectivity index (χ1n) is 5.49. The lowest BCUT2D eigenvalue weighted by Crippen LogP contribution is -2.15. The SMILES string of the molecule is Cc1cc(NS(=O)(=O)c2cc(N)ccc2F)cnc1Cl. The fourth-order valence-corrected chi connectivity index (χ4v) is 2.80. The number of nitrogens with two attached hydrogens (primary N) is 1. The van der Waals surface area contributed by atoms with Gasteiger partial charge in [0, 0.05) is 5.69 Å². The molecule has 0 saturated heterocycles. The summed E-state index contributed by atoms with van der Waals surface area (Å²) in [5.74, 6) is -0.884. The van der Waals surface area contributed by atoms with Crippen LogP contribution in [0.3, 0.4) is 0 Å². The summed E-state index contributed by atoms with van der Waals surface area (Å²) in [6.07, 6.45) is 1.25. The van der Waals surface area contributed by atoms with Gasteiger partial charge in [-0.2, -0.15) is 0 Å². The Morgan fingerprint density at radius 3 is 2.70 bits per heavy atom. The lowest BCUT2D eigenvalue weighted by atomic mass is 10.3. The minimum atomic E-state index is -4.08. The first-order valence-corrected chi connectivity index (χ1v) is 7.36. The predicted molar refractivity (Wildman–Crippen MR) is 75.6 cm³/mol. The second-order valence-corrected chi connectivity index (χ2v) is 6.14. The zero-order valence-electron chi connectivity index (χ0n) is 10.4. The minimum absolute atomic E-state index is 0.150. The number of anilines is 2. The van der Waals surface area contributed by atoms with Gasteiger partial charge in [0.05, 0.1) is 11.9 Å². The molecule has 1 aromatic heterocycles. The Kier molecular flexibility index (Phi) is 3.82. The van der Waals surface area contributed by atoms with Gasteiger partial charge in [-0.05, 0) is 36.8 Å². The van der Waals surface area contributed by atoms with E-state index in [2.05, 4.69) is 9.71 Å². The maximum absolute atomic E-state index is 13.6. The number of nitrogens with zero attached hydrogens (tertiary/aromatic N) is 1. The van der Waals surface area contributed by atoms with Gasteiger partial charge in [-0.15, -0.1) is 0 Å². The van der Waals surface area contributed by atoms with Gasteiger partial charge in [0.15, 0.2) is 0 Å². The van der Waals surface area contributed by atoms with Crippen molar-refractivity contribution in [1.29, 1.82) is 0 Å². The van der Waals surface area contributed by atoms with Gasteiger partial charge in [-0.25, -0.2) is 17.8 Å². The molecule has 1 heterocycles. The lowest BCUT2D eigenvalue weighted by Gasteiger charge is -2.10. The number of aromatic nitrogens is 1. The molecule has 0 bridgehead atoms. The van der Waals surface area contributed by atoms with Crippen LogP contribution >= 0.6 is 11.6 Å². The molecule has 1 aromatic carbocycles. The molecule has 2 aromatic rings. The normalized spacial score (nSPS) is 11.3. The molecular formula is C12H11ClFN3O2S. The van der Waals surface area contributed by atoms with Crippen LogP contribution in [0.1, 0.15) is 5.56 Å². The number of halogens is 2. The molecule has 0 amide bonds. The van der Waals surface area contributed by atoms with Crippen molar-refractivity contribution in [3.63, 3.8) is 0 Å². The van der Waals surface area contributed by atoms with E-state index in [1.165, 1.54) is 18.3 Å². The summed E-state index contributed by atoms with van der Waals surface area (Å²) in [5, 5.41) is 0.267. The maximum atomic E-state index is 13.6. The Labute approximate surface area is 120 Å². The topological polar surface area (TPSA) is 85.1 Å². The molecule has 0 radical (unpaired) electrons. The Morgan fingerprint density at radius 1 is 1.35 bits per heavy atom. The molecule has 5 nitrogen and oxygen atoms in total. The van der Waals surface area contributed by atoms with Crippen molar-refractivity contribution < 1.29 is 12.8 Å². The fourth-order valence-electron chi connectivity index (χ4n) is 1.55. The molecule has 0 fully saturated rings. The van der Waals surface area contributed by atoms with Gasteiger partial charge in [0.25, 0.3) is 10.0 Å². The standard InChI is InChI=1S/C12H11ClFN3O2S/c1-7-4-9(6-16-12(7)13)17-20(18,19)11-5-8(15)2-3-10(11)14/h2-6,17H,15H2,1H3. The Bertz CT molecular complexity index is 765. The number of rotatable bonds is 3. The maximum Gasteiger partial charge on any atom is 0.264 e. The molecule has 20 heavy (non-hydrogen) atoms. The molecule has 2 rings (SSSR count). The van der Waals surface area contributed by atoms with Gasteiger partial charge in [0.2, 0.25) is 0 Å². The molecule has 0 aliphatic heterocycles. The number of nitrogens with one attached hydrogen (secondary N) is 1. The summed E-state index contributed by atoms with van der Waals surface area (Å²) < 4.78 is 40.0. The van der Waals surface area contributed by atoms with Crippen LogP contribution < -0.4 is 10.5 Å². The third kappa shape index (κ3) is 3.00. The summed E-state index contributed by atoms with van der Waals surface area (Å²) in [5.41, 5.74) is 6.41. The third-order valence-electron chi connectivity index (χ3n) is 2.51. The zero-order valence-corrected chi connectivity index (χ0v) is 12.0. The molecule has 106 valence electrons. The smallest absolute Gasteiger partial charge is 0.264 e. The molecule has 0 unspecified atom stereocenters. The lowest BCUT2D eigenvalue weighted by molar-refractivity contribution is 0.570. The Balaban J connectivity index is 2.40. The van der Waals surface area contributed by atoms with Gasteiger partial charge in [-0.3, -0.25) is 4.72 Å². The Hall–Kier alpha value is -1.86. The highest BCUT2D eigenvalue weighted by Gasteiger charge is 2.20. The molecule has 0 spiro atoms. The van der Waals surface area contributed by atoms with Gasteiger partial charge in [0.1, 0.15) is 15.9 Å². The van der Waals surface area contributed by atoms with Crippen molar-refractivity contribution in [2.24, 2.45) is 0 Å². The van der Waals surface area contributed by atoms with Crippen molar-refractivity contribution >= 4 is 33.0 Å². The van der Waals surface area contributed by atoms with Crippen LogP contribution in [0.5, 0.6) is 0 Å². The highest BCUT2D eigenvalue weighted by atomic mass is 35.5. The largest absolute Gasteiger partial charge is 0.399 e. The molecule has 0 aliphatic rings. The van der Waals surface area contributed by atoms with Crippen LogP contribution in [0, 0.1) is 12.7 Å². The summed E-state index contributed by atoms with van der Waals surface area (Å²) >= 11 is 5.75. The number of hydrogen-bond donors (Lipinski definition) is 2.